The van der Waals surface area contributed by atoms with Crippen LogP contribution < -0.4 is 4.74 Å². The molecule has 2 heterocycles. The fourth-order valence-electron chi connectivity index (χ4n) is 5.21. The van der Waals surface area contributed by atoms with Gasteiger partial charge in [0.25, 0.3) is 11.8 Å². The molecule has 7 nitrogen and oxygen atoms in total. The molecule has 1 saturated heterocycles. The molecule has 7 heteroatoms. The van der Waals surface area contributed by atoms with Gasteiger partial charge in [-0.2, -0.15) is 0 Å². The first kappa shape index (κ1) is 22.8. The lowest BCUT2D eigenvalue weighted by atomic mass is 9.95. The standard InChI is InChI=1S/C25H35N3O4/c1-32-21-11-9-19(10-12-21)22-23(27-15-13-26(14-16-27)17-18-29)25(31)28(24(22)30)20-7-5-3-2-4-6-8-20/h9-12,20,29H,2-8,13-18H2,1H3. The van der Waals surface area contributed by atoms with Crippen LogP contribution in [0.25, 0.3) is 5.57 Å². The van der Waals surface area contributed by atoms with Crippen LogP contribution in [0, 0.1) is 0 Å². The molecule has 1 saturated carbocycles. The number of aliphatic hydroxyl groups is 1. The van der Waals surface area contributed by atoms with Crippen LogP contribution in [0.5, 0.6) is 5.75 Å². The number of methoxy groups -OCH3 is 1. The molecule has 0 radical (unpaired) electrons. The second-order valence-electron chi connectivity index (χ2n) is 8.98. The van der Waals surface area contributed by atoms with E-state index in [0.29, 0.717) is 30.9 Å². The average Bonchev–Trinajstić information content (AvgIpc) is 3.05. The monoisotopic (exact) mass is 441 g/mol. The lowest BCUT2D eigenvalue weighted by molar-refractivity contribution is -0.140. The van der Waals surface area contributed by atoms with E-state index in [4.69, 9.17) is 4.74 Å². The topological polar surface area (TPSA) is 73.3 Å². The largest absolute Gasteiger partial charge is 0.497 e. The van der Waals surface area contributed by atoms with Crippen molar-refractivity contribution in [1.82, 2.24) is 14.7 Å². The van der Waals surface area contributed by atoms with E-state index in [9.17, 15) is 14.7 Å². The van der Waals surface area contributed by atoms with Crippen LogP contribution in [0.3, 0.4) is 0 Å². The molecule has 1 aromatic carbocycles. The Balaban J connectivity index is 1.65. The number of carbonyl (C=O) groups excluding carboxylic acids is 2. The second kappa shape index (κ2) is 10.5. The predicted molar refractivity (Wildman–Crippen MR) is 123 cm³/mol. The van der Waals surface area contributed by atoms with Gasteiger partial charge >= 0.3 is 0 Å². The van der Waals surface area contributed by atoms with Crippen LogP contribution >= 0.6 is 0 Å². The van der Waals surface area contributed by atoms with E-state index < -0.39 is 0 Å². The number of hydrogen-bond donors (Lipinski definition) is 1. The lowest BCUT2D eigenvalue weighted by Crippen LogP contribution is -2.49. The lowest BCUT2D eigenvalue weighted by Gasteiger charge is -2.36. The third-order valence-electron chi connectivity index (χ3n) is 7.01. The van der Waals surface area contributed by atoms with Crippen LogP contribution in [0.2, 0.25) is 0 Å². The molecule has 1 aliphatic carbocycles. The van der Waals surface area contributed by atoms with Crippen LogP contribution in [0.15, 0.2) is 30.0 Å². The summed E-state index contributed by atoms with van der Waals surface area (Å²) in [6, 6.07) is 7.42. The molecule has 2 amide bonds. The highest BCUT2D eigenvalue weighted by atomic mass is 16.5. The molecule has 32 heavy (non-hydrogen) atoms. The smallest absolute Gasteiger partial charge is 0.278 e. The summed E-state index contributed by atoms with van der Waals surface area (Å²) in [5.74, 6) is 0.433. The summed E-state index contributed by atoms with van der Waals surface area (Å²) in [5, 5.41) is 9.25. The molecule has 4 rings (SSSR count). The van der Waals surface area contributed by atoms with Gasteiger partial charge in [0.1, 0.15) is 11.4 Å². The Morgan fingerprint density at radius 1 is 0.906 bits per heavy atom. The van der Waals surface area contributed by atoms with Gasteiger partial charge < -0.3 is 14.7 Å². The van der Waals surface area contributed by atoms with E-state index in [1.807, 2.05) is 24.3 Å². The van der Waals surface area contributed by atoms with Crippen LogP contribution in [-0.4, -0.2) is 84.1 Å². The first-order chi connectivity index (χ1) is 15.6. The van der Waals surface area contributed by atoms with E-state index in [2.05, 4.69) is 9.80 Å². The van der Waals surface area contributed by atoms with Gasteiger partial charge in [-0.1, -0.05) is 44.2 Å². The molecule has 0 unspecified atom stereocenters. The zero-order valence-electron chi connectivity index (χ0n) is 19.1. The fourth-order valence-corrected chi connectivity index (χ4v) is 5.21. The van der Waals surface area contributed by atoms with Crippen molar-refractivity contribution in [3.63, 3.8) is 0 Å². The number of imide groups is 1. The van der Waals surface area contributed by atoms with Crippen molar-refractivity contribution >= 4 is 17.4 Å². The Labute approximate surface area is 190 Å². The molecular formula is C25H35N3O4. The number of piperazine rings is 1. The quantitative estimate of drug-likeness (QED) is 0.684. The van der Waals surface area contributed by atoms with E-state index in [-0.39, 0.29) is 24.5 Å². The highest BCUT2D eigenvalue weighted by Gasteiger charge is 2.45. The Bertz CT molecular complexity index is 835. The SMILES string of the molecule is COc1ccc(C2=C(N3CCN(CCO)CC3)C(=O)N(C3CCCCCCC3)C2=O)cc1. The Kier molecular flexibility index (Phi) is 7.48. The normalized spacial score (nSPS) is 21.8. The summed E-state index contributed by atoms with van der Waals surface area (Å²) in [4.78, 5) is 33.3. The second-order valence-corrected chi connectivity index (χ2v) is 8.98. The number of ether oxygens (including phenoxy) is 1. The zero-order chi connectivity index (χ0) is 22.5. The molecule has 2 fully saturated rings. The number of nitrogens with zero attached hydrogens (tertiary/aromatic N) is 3. The number of aliphatic hydroxyl groups excluding tert-OH is 1. The molecule has 0 bridgehead atoms. The Hall–Kier alpha value is -2.38. The maximum Gasteiger partial charge on any atom is 0.278 e. The summed E-state index contributed by atoms with van der Waals surface area (Å²) >= 11 is 0. The van der Waals surface area contributed by atoms with Crippen molar-refractivity contribution in [2.24, 2.45) is 0 Å². The summed E-state index contributed by atoms with van der Waals surface area (Å²) < 4.78 is 5.29. The van der Waals surface area contributed by atoms with Gasteiger partial charge in [-0.3, -0.25) is 19.4 Å². The van der Waals surface area contributed by atoms with Gasteiger partial charge in [0.2, 0.25) is 0 Å². The Morgan fingerprint density at radius 2 is 1.53 bits per heavy atom. The zero-order valence-corrected chi connectivity index (χ0v) is 19.1. The molecule has 0 aromatic heterocycles. The van der Waals surface area contributed by atoms with E-state index in [1.54, 1.807) is 12.0 Å². The third kappa shape index (κ3) is 4.69. The van der Waals surface area contributed by atoms with Gasteiger partial charge in [0, 0.05) is 38.8 Å². The van der Waals surface area contributed by atoms with Crippen molar-refractivity contribution in [3.05, 3.63) is 35.5 Å². The van der Waals surface area contributed by atoms with Crippen molar-refractivity contribution in [2.75, 3.05) is 46.4 Å². The molecule has 2 aliphatic heterocycles. The highest BCUT2D eigenvalue weighted by Crippen LogP contribution is 2.36. The van der Waals surface area contributed by atoms with Crippen LogP contribution in [-0.2, 0) is 9.59 Å². The van der Waals surface area contributed by atoms with Gasteiger partial charge in [-0.25, -0.2) is 0 Å². The number of benzene rings is 1. The van der Waals surface area contributed by atoms with Crippen molar-refractivity contribution < 1.29 is 19.4 Å². The number of carbonyl (C=O) groups is 2. The minimum Gasteiger partial charge on any atom is -0.497 e. The minimum absolute atomic E-state index is 0.0169. The first-order valence-corrected chi connectivity index (χ1v) is 12.0. The fraction of sp³-hybridized carbons (Fsp3) is 0.600. The number of rotatable bonds is 6. The number of hydrogen-bond acceptors (Lipinski definition) is 6. The molecule has 1 N–H and O–H groups in total. The van der Waals surface area contributed by atoms with Crippen molar-refractivity contribution in [3.8, 4) is 5.75 Å². The summed E-state index contributed by atoms with van der Waals surface area (Å²) in [5.41, 5.74) is 1.84. The molecule has 1 aromatic rings. The number of β-amino-alcohol motifs (C(OH)–C–C–N with tert-alkyl or cyclic N) is 1. The minimum atomic E-state index is -0.154. The molecule has 174 valence electrons. The van der Waals surface area contributed by atoms with Crippen molar-refractivity contribution in [2.45, 2.75) is 51.0 Å². The molecular weight excluding hydrogens is 406 g/mol. The third-order valence-corrected chi connectivity index (χ3v) is 7.01. The maximum atomic E-state index is 13.8. The molecule has 0 spiro atoms. The van der Waals surface area contributed by atoms with Crippen LogP contribution in [0.1, 0.15) is 50.5 Å². The van der Waals surface area contributed by atoms with E-state index in [1.165, 1.54) is 19.3 Å². The summed E-state index contributed by atoms with van der Waals surface area (Å²) in [6.45, 7) is 3.65. The van der Waals surface area contributed by atoms with Gasteiger partial charge in [0.05, 0.1) is 19.3 Å². The van der Waals surface area contributed by atoms with Crippen molar-refractivity contribution in [1.29, 1.82) is 0 Å². The molecule has 0 atom stereocenters. The highest BCUT2D eigenvalue weighted by molar-refractivity contribution is 6.35. The van der Waals surface area contributed by atoms with Gasteiger partial charge in [0.15, 0.2) is 0 Å². The van der Waals surface area contributed by atoms with E-state index in [0.717, 1.165) is 50.1 Å². The van der Waals surface area contributed by atoms with Gasteiger partial charge in [-0.15, -0.1) is 0 Å². The average molecular weight is 442 g/mol. The summed E-state index contributed by atoms with van der Waals surface area (Å²) in [6.07, 6.45) is 7.50. The Morgan fingerprint density at radius 3 is 2.12 bits per heavy atom. The molecule has 3 aliphatic rings. The maximum absolute atomic E-state index is 13.8. The summed E-state index contributed by atoms with van der Waals surface area (Å²) in [7, 11) is 1.62. The first-order valence-electron chi connectivity index (χ1n) is 12.0. The van der Waals surface area contributed by atoms with Gasteiger partial charge in [-0.05, 0) is 30.5 Å². The number of amides is 2. The van der Waals surface area contributed by atoms with Crippen LogP contribution in [0.4, 0.5) is 0 Å². The predicted octanol–water partition coefficient (Wildman–Crippen LogP) is 2.50. The van der Waals surface area contributed by atoms with E-state index >= 15 is 0 Å².